The zero-order chi connectivity index (χ0) is 22.2. The minimum absolute atomic E-state index is 0.0193. The van der Waals surface area contributed by atoms with E-state index in [2.05, 4.69) is 0 Å². The summed E-state index contributed by atoms with van der Waals surface area (Å²) in [5, 5.41) is 0. The molecule has 168 valence electrons. The average molecular weight is 435 g/mol. The van der Waals surface area contributed by atoms with Gasteiger partial charge >= 0.3 is 6.18 Å². The number of anilines is 1. The van der Waals surface area contributed by atoms with Crippen LogP contribution in [0.15, 0.2) is 48.5 Å². The second-order valence-corrected chi connectivity index (χ2v) is 8.49. The van der Waals surface area contributed by atoms with Crippen molar-refractivity contribution in [2.75, 3.05) is 25.7 Å². The Labute approximate surface area is 180 Å². The number of hydrogen-bond acceptors (Lipinski definition) is 4. The predicted octanol–water partition coefficient (Wildman–Crippen LogP) is 5.46. The van der Waals surface area contributed by atoms with Crippen molar-refractivity contribution in [3.8, 4) is 11.5 Å². The third kappa shape index (κ3) is 4.07. The van der Waals surface area contributed by atoms with E-state index in [0.29, 0.717) is 24.7 Å². The molecule has 2 aliphatic rings. The van der Waals surface area contributed by atoms with Gasteiger partial charge in [0.05, 0.1) is 20.8 Å². The Morgan fingerprint density at radius 2 is 1.55 bits per heavy atom. The van der Waals surface area contributed by atoms with Crippen LogP contribution < -0.4 is 14.4 Å². The van der Waals surface area contributed by atoms with Crippen LogP contribution in [0.3, 0.4) is 0 Å². The number of ether oxygens (including phenoxy) is 3. The van der Waals surface area contributed by atoms with Crippen LogP contribution in [0.4, 0.5) is 18.9 Å². The number of halogens is 3. The molecule has 0 bridgehead atoms. The topological polar surface area (TPSA) is 30.9 Å². The molecule has 1 saturated carbocycles. The van der Waals surface area contributed by atoms with Crippen molar-refractivity contribution < 1.29 is 27.4 Å². The maximum Gasteiger partial charge on any atom is 0.408 e. The molecule has 0 amide bonds. The van der Waals surface area contributed by atoms with Crippen LogP contribution in [0.25, 0.3) is 0 Å². The fourth-order valence-corrected chi connectivity index (χ4v) is 5.22. The van der Waals surface area contributed by atoms with Gasteiger partial charge in [0, 0.05) is 17.8 Å². The molecule has 4 atom stereocenters. The van der Waals surface area contributed by atoms with E-state index in [1.807, 2.05) is 31.2 Å². The van der Waals surface area contributed by atoms with Crippen molar-refractivity contribution in [1.82, 2.24) is 0 Å². The summed E-state index contributed by atoms with van der Waals surface area (Å²) >= 11 is 0. The van der Waals surface area contributed by atoms with Gasteiger partial charge in [-0.05, 0) is 73.6 Å². The van der Waals surface area contributed by atoms with Gasteiger partial charge in [-0.1, -0.05) is 12.1 Å². The molecule has 0 unspecified atom stereocenters. The summed E-state index contributed by atoms with van der Waals surface area (Å²) in [5.41, 5.74) is 1.13. The monoisotopic (exact) mass is 435 g/mol. The van der Waals surface area contributed by atoms with Crippen molar-refractivity contribution in [3.63, 3.8) is 0 Å². The Morgan fingerprint density at radius 3 is 2.10 bits per heavy atom. The van der Waals surface area contributed by atoms with Crippen LogP contribution in [0.2, 0.25) is 0 Å². The number of nitrogens with zero attached hydrogens (tertiary/aromatic N) is 1. The fraction of sp³-hybridized carbons (Fsp3) is 0.500. The lowest BCUT2D eigenvalue weighted by Crippen LogP contribution is -2.49. The van der Waals surface area contributed by atoms with Gasteiger partial charge in [0.25, 0.3) is 0 Å². The quantitative estimate of drug-likeness (QED) is 0.516. The summed E-state index contributed by atoms with van der Waals surface area (Å²) in [7, 11) is 3.17. The molecular weight excluding hydrogens is 407 g/mol. The highest BCUT2D eigenvalue weighted by Gasteiger charge is 2.73. The van der Waals surface area contributed by atoms with Gasteiger partial charge in [-0.3, -0.25) is 0 Å². The van der Waals surface area contributed by atoms with Crippen LogP contribution in [-0.2, 0) is 11.3 Å². The summed E-state index contributed by atoms with van der Waals surface area (Å²) in [6.45, 7) is 2.96. The lowest BCUT2D eigenvalue weighted by atomic mass is 10.0. The fourth-order valence-electron chi connectivity index (χ4n) is 5.22. The SMILES string of the molecule is COc1ccc(COCC[C@@H]2[C@@H]3C[C@H](C(F)(F)F)N(c4ccc(OC)cc4)[C@]23C)cc1. The zero-order valence-corrected chi connectivity index (χ0v) is 18.0. The lowest BCUT2D eigenvalue weighted by Gasteiger charge is -2.37. The number of fused-ring (bicyclic) bond motifs is 1. The molecule has 2 fully saturated rings. The van der Waals surface area contributed by atoms with E-state index in [0.717, 1.165) is 17.7 Å². The van der Waals surface area contributed by atoms with E-state index in [4.69, 9.17) is 14.2 Å². The van der Waals surface area contributed by atoms with Crippen molar-refractivity contribution in [2.45, 2.75) is 44.1 Å². The number of methoxy groups -OCH3 is 2. The van der Waals surface area contributed by atoms with Crippen LogP contribution in [-0.4, -0.2) is 38.6 Å². The van der Waals surface area contributed by atoms with Gasteiger partial charge in [0.2, 0.25) is 0 Å². The van der Waals surface area contributed by atoms with Gasteiger partial charge in [0.15, 0.2) is 0 Å². The molecule has 31 heavy (non-hydrogen) atoms. The molecule has 0 N–H and O–H groups in total. The van der Waals surface area contributed by atoms with Crippen LogP contribution >= 0.6 is 0 Å². The molecule has 4 rings (SSSR count). The summed E-state index contributed by atoms with van der Waals surface area (Å²) in [4.78, 5) is 1.59. The summed E-state index contributed by atoms with van der Waals surface area (Å²) in [6, 6.07) is 13.1. The Morgan fingerprint density at radius 1 is 0.968 bits per heavy atom. The maximum absolute atomic E-state index is 13.8. The van der Waals surface area contributed by atoms with Crippen LogP contribution in [0.5, 0.6) is 11.5 Å². The minimum Gasteiger partial charge on any atom is -0.497 e. The molecule has 0 spiro atoms. The van der Waals surface area contributed by atoms with Crippen molar-refractivity contribution in [3.05, 3.63) is 54.1 Å². The number of hydrogen-bond donors (Lipinski definition) is 0. The first-order chi connectivity index (χ1) is 14.8. The van der Waals surface area contributed by atoms with E-state index >= 15 is 0 Å². The lowest BCUT2D eigenvalue weighted by molar-refractivity contribution is -0.149. The predicted molar refractivity (Wildman–Crippen MR) is 113 cm³/mol. The summed E-state index contributed by atoms with van der Waals surface area (Å²) < 4.78 is 57.5. The molecule has 4 nitrogen and oxygen atoms in total. The zero-order valence-electron chi connectivity index (χ0n) is 18.0. The Balaban J connectivity index is 1.39. The van der Waals surface area contributed by atoms with Gasteiger partial charge in [0.1, 0.15) is 17.5 Å². The average Bonchev–Trinajstić information content (AvgIpc) is 3.17. The molecule has 0 aromatic heterocycles. The van der Waals surface area contributed by atoms with E-state index in [9.17, 15) is 13.2 Å². The van der Waals surface area contributed by atoms with Gasteiger partial charge in [-0.25, -0.2) is 0 Å². The van der Waals surface area contributed by atoms with Crippen molar-refractivity contribution in [2.24, 2.45) is 11.8 Å². The van der Waals surface area contributed by atoms with Crippen molar-refractivity contribution >= 4 is 5.69 Å². The Hall–Kier alpha value is -2.41. The van der Waals surface area contributed by atoms with Crippen LogP contribution in [0, 0.1) is 11.8 Å². The highest BCUT2D eigenvalue weighted by atomic mass is 19.4. The molecular formula is C24H28F3NO3. The molecule has 1 saturated heterocycles. The first-order valence-electron chi connectivity index (χ1n) is 10.5. The summed E-state index contributed by atoms with van der Waals surface area (Å²) in [5.74, 6) is 1.63. The summed E-state index contributed by atoms with van der Waals surface area (Å²) in [6.07, 6.45) is -3.38. The number of piperidine rings is 1. The van der Waals surface area contributed by atoms with Crippen LogP contribution in [0.1, 0.15) is 25.3 Å². The molecule has 1 aliphatic carbocycles. The molecule has 0 radical (unpaired) electrons. The normalized spacial score (nSPS) is 27.2. The van der Waals surface area contributed by atoms with E-state index in [1.54, 1.807) is 43.4 Å². The number of rotatable bonds is 8. The molecule has 7 heteroatoms. The standard InChI is InChI=1S/C24H28F3NO3/c1-23-20(12-13-31-15-16-4-8-18(29-2)9-5-16)21(23)14-22(24(25,26)27)28(23)17-6-10-19(30-3)11-7-17/h4-11,20-22H,12-15H2,1-3H3/t20-,21+,22-,23-/m1/s1. The highest BCUT2D eigenvalue weighted by molar-refractivity contribution is 5.58. The third-order valence-corrected chi connectivity index (χ3v) is 6.92. The molecule has 2 aromatic rings. The highest BCUT2D eigenvalue weighted by Crippen LogP contribution is 2.66. The second kappa shape index (κ2) is 8.26. The number of benzene rings is 2. The van der Waals surface area contributed by atoms with Gasteiger partial charge in [-0.2, -0.15) is 13.2 Å². The van der Waals surface area contributed by atoms with Crippen molar-refractivity contribution in [1.29, 1.82) is 0 Å². The smallest absolute Gasteiger partial charge is 0.408 e. The first-order valence-corrected chi connectivity index (χ1v) is 10.5. The minimum atomic E-state index is -4.26. The Bertz CT molecular complexity index is 884. The van der Waals surface area contributed by atoms with E-state index in [-0.39, 0.29) is 18.3 Å². The second-order valence-electron chi connectivity index (χ2n) is 8.49. The Kier molecular flexibility index (Phi) is 5.81. The molecule has 2 aromatic carbocycles. The van der Waals surface area contributed by atoms with E-state index in [1.165, 1.54) is 0 Å². The first kappa shape index (κ1) is 21.8. The van der Waals surface area contributed by atoms with E-state index < -0.39 is 17.8 Å². The largest absolute Gasteiger partial charge is 0.497 e. The number of alkyl halides is 3. The maximum atomic E-state index is 13.8. The van der Waals surface area contributed by atoms with Gasteiger partial charge in [-0.15, -0.1) is 0 Å². The molecule has 1 aliphatic heterocycles. The third-order valence-electron chi connectivity index (χ3n) is 6.92. The van der Waals surface area contributed by atoms with Gasteiger partial charge < -0.3 is 19.1 Å². The molecule has 1 heterocycles.